The molecule has 0 saturated heterocycles. The van der Waals surface area contributed by atoms with E-state index in [0.29, 0.717) is 13.0 Å². The lowest BCUT2D eigenvalue weighted by atomic mass is 10.2. The Bertz CT molecular complexity index is 1040. The van der Waals surface area contributed by atoms with Crippen molar-refractivity contribution in [2.45, 2.75) is 39.8 Å². The number of nitrogens with two attached hydrogens (primary N) is 1. The highest BCUT2D eigenvalue weighted by molar-refractivity contribution is 7.07. The standard InChI is InChI=1S/C19H22N6O3S/c1-12-5-7-14(8-6-12)21-18-23-15(22-17(20)24-18)10-28-16(26)4-3-9-25-13(2)11-29-19(25)27/h5-8,11H,3-4,9-10H2,1-2H3,(H3,20,21,22,23,24). The Morgan fingerprint density at radius 2 is 1.97 bits per heavy atom. The van der Waals surface area contributed by atoms with Crippen molar-refractivity contribution in [3.8, 4) is 0 Å². The first-order valence-electron chi connectivity index (χ1n) is 9.05. The smallest absolute Gasteiger partial charge is 0.307 e. The van der Waals surface area contributed by atoms with Crippen molar-refractivity contribution in [1.29, 1.82) is 0 Å². The average molecular weight is 414 g/mol. The largest absolute Gasteiger partial charge is 0.457 e. The molecule has 10 heteroatoms. The van der Waals surface area contributed by atoms with Gasteiger partial charge in [0, 0.05) is 29.7 Å². The third-order valence-electron chi connectivity index (χ3n) is 4.11. The number of esters is 1. The molecule has 0 spiro atoms. The predicted molar refractivity (Wildman–Crippen MR) is 111 cm³/mol. The summed E-state index contributed by atoms with van der Waals surface area (Å²) >= 11 is 1.15. The maximum absolute atomic E-state index is 12.0. The summed E-state index contributed by atoms with van der Waals surface area (Å²) in [7, 11) is 0. The van der Waals surface area contributed by atoms with Crippen molar-refractivity contribution in [2.24, 2.45) is 0 Å². The number of thiazole rings is 1. The third-order valence-corrected chi connectivity index (χ3v) is 4.99. The van der Waals surface area contributed by atoms with Gasteiger partial charge in [0.15, 0.2) is 12.4 Å². The topological polar surface area (TPSA) is 125 Å². The number of aromatic nitrogens is 4. The van der Waals surface area contributed by atoms with Crippen molar-refractivity contribution in [1.82, 2.24) is 19.5 Å². The van der Waals surface area contributed by atoms with Gasteiger partial charge in [-0.15, -0.1) is 0 Å². The van der Waals surface area contributed by atoms with Crippen molar-refractivity contribution >= 4 is 34.9 Å². The molecule has 0 fully saturated rings. The molecule has 0 unspecified atom stereocenters. The van der Waals surface area contributed by atoms with Crippen LogP contribution in [-0.4, -0.2) is 25.5 Å². The lowest BCUT2D eigenvalue weighted by Gasteiger charge is -2.08. The van der Waals surface area contributed by atoms with Crippen LogP contribution in [0, 0.1) is 13.8 Å². The van der Waals surface area contributed by atoms with E-state index < -0.39 is 5.97 Å². The molecule has 0 aliphatic carbocycles. The van der Waals surface area contributed by atoms with E-state index in [1.165, 1.54) is 0 Å². The van der Waals surface area contributed by atoms with Gasteiger partial charge in [0.2, 0.25) is 11.9 Å². The van der Waals surface area contributed by atoms with Gasteiger partial charge in [-0.3, -0.25) is 9.59 Å². The number of rotatable bonds is 8. The zero-order valence-corrected chi connectivity index (χ0v) is 17.0. The van der Waals surface area contributed by atoms with Gasteiger partial charge in [-0.05, 0) is 32.4 Å². The van der Waals surface area contributed by atoms with Crippen LogP contribution in [0.2, 0.25) is 0 Å². The minimum absolute atomic E-state index is 0.0230. The minimum Gasteiger partial charge on any atom is -0.457 e. The molecular formula is C19H22N6O3S. The van der Waals surface area contributed by atoms with Crippen LogP contribution in [0.1, 0.15) is 29.9 Å². The Hall–Kier alpha value is -3.27. The van der Waals surface area contributed by atoms with Crippen molar-refractivity contribution < 1.29 is 9.53 Å². The van der Waals surface area contributed by atoms with E-state index in [9.17, 15) is 9.59 Å². The van der Waals surface area contributed by atoms with Gasteiger partial charge >= 0.3 is 10.8 Å². The number of carbonyl (C=O) groups is 1. The fourth-order valence-electron chi connectivity index (χ4n) is 2.60. The molecule has 0 aliphatic heterocycles. The van der Waals surface area contributed by atoms with E-state index in [2.05, 4.69) is 20.3 Å². The SMILES string of the molecule is Cc1ccc(Nc2nc(N)nc(COC(=O)CCCn3c(C)csc3=O)n2)cc1. The monoisotopic (exact) mass is 414 g/mol. The number of carbonyl (C=O) groups excluding carboxylic acids is 1. The maximum Gasteiger partial charge on any atom is 0.307 e. The number of nitrogen functional groups attached to an aromatic ring is 1. The number of ether oxygens (including phenoxy) is 1. The van der Waals surface area contributed by atoms with Crippen LogP contribution in [0.25, 0.3) is 0 Å². The van der Waals surface area contributed by atoms with Gasteiger partial charge in [-0.2, -0.15) is 15.0 Å². The number of aryl methyl sites for hydroxylation is 2. The first-order chi connectivity index (χ1) is 13.9. The molecule has 3 aromatic rings. The summed E-state index contributed by atoms with van der Waals surface area (Å²) in [6, 6.07) is 7.72. The Balaban J connectivity index is 1.51. The van der Waals surface area contributed by atoms with Crippen LogP contribution in [-0.2, 0) is 22.7 Å². The molecule has 29 heavy (non-hydrogen) atoms. The quantitative estimate of drug-likeness (QED) is 0.539. The molecule has 0 aliphatic rings. The van der Waals surface area contributed by atoms with E-state index in [0.717, 1.165) is 28.3 Å². The van der Waals surface area contributed by atoms with Crippen LogP contribution in [0.3, 0.4) is 0 Å². The second-order valence-electron chi connectivity index (χ2n) is 6.48. The lowest BCUT2D eigenvalue weighted by Crippen LogP contribution is -2.16. The fraction of sp³-hybridized carbons (Fsp3) is 0.316. The minimum atomic E-state index is -0.391. The highest BCUT2D eigenvalue weighted by Crippen LogP contribution is 2.14. The molecule has 3 N–H and O–H groups in total. The van der Waals surface area contributed by atoms with Gasteiger partial charge in [-0.25, -0.2) is 0 Å². The summed E-state index contributed by atoms with van der Waals surface area (Å²) < 4.78 is 6.87. The Kier molecular flexibility index (Phi) is 6.55. The normalized spacial score (nSPS) is 10.7. The lowest BCUT2D eigenvalue weighted by molar-refractivity contribution is -0.145. The number of hydrogen-bond donors (Lipinski definition) is 2. The van der Waals surface area contributed by atoms with E-state index in [1.54, 1.807) is 9.95 Å². The molecule has 0 amide bonds. The van der Waals surface area contributed by atoms with Gasteiger partial charge in [0.1, 0.15) is 0 Å². The number of nitrogens with one attached hydrogen (secondary N) is 1. The van der Waals surface area contributed by atoms with Crippen LogP contribution in [0.4, 0.5) is 17.6 Å². The van der Waals surface area contributed by atoms with Crippen LogP contribution >= 0.6 is 11.3 Å². The molecular weight excluding hydrogens is 392 g/mol. The predicted octanol–water partition coefficient (Wildman–Crippen LogP) is 2.56. The first kappa shape index (κ1) is 20.5. The average Bonchev–Trinajstić information content (AvgIpc) is 3.00. The highest BCUT2D eigenvalue weighted by atomic mass is 32.1. The summed E-state index contributed by atoms with van der Waals surface area (Å²) in [6.45, 7) is 4.23. The van der Waals surface area contributed by atoms with Crippen LogP contribution < -0.4 is 15.9 Å². The van der Waals surface area contributed by atoms with Crippen molar-refractivity contribution in [3.63, 3.8) is 0 Å². The Labute approximate surface area is 171 Å². The van der Waals surface area contributed by atoms with Gasteiger partial charge in [0.25, 0.3) is 0 Å². The molecule has 0 saturated carbocycles. The molecule has 0 atom stereocenters. The zero-order chi connectivity index (χ0) is 20.8. The summed E-state index contributed by atoms with van der Waals surface area (Å²) in [4.78, 5) is 35.9. The molecule has 3 rings (SSSR count). The second kappa shape index (κ2) is 9.28. The number of benzene rings is 1. The second-order valence-corrected chi connectivity index (χ2v) is 7.30. The number of hydrogen-bond acceptors (Lipinski definition) is 9. The van der Waals surface area contributed by atoms with E-state index in [1.807, 2.05) is 38.1 Å². The van der Waals surface area contributed by atoms with Crippen molar-refractivity contribution in [3.05, 3.63) is 56.4 Å². The summed E-state index contributed by atoms with van der Waals surface area (Å²) in [5.74, 6) is 0.177. The molecule has 0 radical (unpaired) electrons. The summed E-state index contributed by atoms with van der Waals surface area (Å²) in [5.41, 5.74) is 8.57. The maximum atomic E-state index is 12.0. The fourth-order valence-corrected chi connectivity index (χ4v) is 3.36. The first-order valence-corrected chi connectivity index (χ1v) is 9.93. The van der Waals surface area contributed by atoms with Gasteiger partial charge < -0.3 is 20.4 Å². The molecule has 2 heterocycles. The van der Waals surface area contributed by atoms with Crippen LogP contribution in [0.15, 0.2) is 34.4 Å². The van der Waals surface area contributed by atoms with Gasteiger partial charge in [0.05, 0.1) is 0 Å². The molecule has 1 aromatic carbocycles. The Morgan fingerprint density at radius 3 is 2.66 bits per heavy atom. The third kappa shape index (κ3) is 5.85. The van der Waals surface area contributed by atoms with Crippen molar-refractivity contribution in [2.75, 3.05) is 11.1 Å². The Morgan fingerprint density at radius 1 is 1.21 bits per heavy atom. The number of nitrogens with zero attached hydrogens (tertiary/aromatic N) is 4. The zero-order valence-electron chi connectivity index (χ0n) is 16.2. The molecule has 0 bridgehead atoms. The van der Waals surface area contributed by atoms with Gasteiger partial charge in [-0.1, -0.05) is 29.0 Å². The summed E-state index contributed by atoms with van der Waals surface area (Å²) in [5, 5.41) is 4.85. The summed E-state index contributed by atoms with van der Waals surface area (Å²) in [6.07, 6.45) is 0.701. The molecule has 9 nitrogen and oxygen atoms in total. The molecule has 152 valence electrons. The van der Waals surface area contributed by atoms with E-state index in [4.69, 9.17) is 10.5 Å². The van der Waals surface area contributed by atoms with E-state index in [-0.39, 0.29) is 35.6 Å². The highest BCUT2D eigenvalue weighted by Gasteiger charge is 2.10. The van der Waals surface area contributed by atoms with Crippen LogP contribution in [0.5, 0.6) is 0 Å². The van der Waals surface area contributed by atoms with E-state index >= 15 is 0 Å². The number of anilines is 3. The molecule has 2 aromatic heterocycles.